The first kappa shape index (κ1) is 35.9. The van der Waals surface area contributed by atoms with Gasteiger partial charge in [-0.25, -0.2) is 9.97 Å². The van der Waals surface area contributed by atoms with Crippen molar-refractivity contribution >= 4 is 68.5 Å². The predicted molar refractivity (Wildman–Crippen MR) is 211 cm³/mol. The highest BCUT2D eigenvalue weighted by atomic mass is 35.5. The van der Waals surface area contributed by atoms with E-state index in [4.69, 9.17) is 21.7 Å². The predicted octanol–water partition coefficient (Wildman–Crippen LogP) is 5.00. The lowest BCUT2D eigenvalue weighted by Gasteiger charge is -2.43. The fourth-order valence-corrected chi connectivity index (χ4v) is 8.41. The number of pyridine rings is 2. The Morgan fingerprint density at radius 1 is 0.963 bits per heavy atom. The van der Waals surface area contributed by atoms with E-state index in [1.165, 1.54) is 0 Å². The number of benzene rings is 1. The Hall–Kier alpha value is -5.08. The van der Waals surface area contributed by atoms with Gasteiger partial charge in [0.2, 0.25) is 17.8 Å². The Balaban J connectivity index is 0.866. The molecule has 3 fully saturated rings. The molecule has 282 valence electrons. The van der Waals surface area contributed by atoms with Gasteiger partial charge in [-0.3, -0.25) is 33.8 Å². The zero-order valence-corrected chi connectivity index (χ0v) is 31.9. The van der Waals surface area contributed by atoms with Crippen LogP contribution in [0.25, 0.3) is 21.9 Å². The number of imide groups is 1. The van der Waals surface area contributed by atoms with Crippen molar-refractivity contribution in [2.45, 2.75) is 64.5 Å². The largest absolute Gasteiger partial charge is 0.369 e. The molecular formula is C39H46ClN11O3. The second-order valence-electron chi connectivity index (χ2n) is 15.2. The number of hydrogen-bond acceptors (Lipinski definition) is 11. The summed E-state index contributed by atoms with van der Waals surface area (Å²) in [5.41, 5.74) is 4.19. The van der Waals surface area contributed by atoms with Crippen LogP contribution in [0.4, 0.5) is 23.1 Å². The van der Waals surface area contributed by atoms with Gasteiger partial charge in [0, 0.05) is 87.3 Å². The third-order valence-electron chi connectivity index (χ3n) is 11.2. The zero-order chi connectivity index (χ0) is 37.7. The van der Waals surface area contributed by atoms with Crippen molar-refractivity contribution in [1.29, 1.82) is 0 Å². The Morgan fingerprint density at radius 3 is 2.54 bits per heavy atom. The third-order valence-corrected chi connectivity index (χ3v) is 11.5. The quantitative estimate of drug-likeness (QED) is 0.207. The first-order chi connectivity index (χ1) is 26.0. The van der Waals surface area contributed by atoms with E-state index in [0.717, 1.165) is 85.5 Å². The van der Waals surface area contributed by atoms with Crippen LogP contribution in [0.2, 0.25) is 5.02 Å². The summed E-state index contributed by atoms with van der Waals surface area (Å²) in [7, 11) is 1.92. The van der Waals surface area contributed by atoms with E-state index < -0.39 is 5.92 Å². The maximum atomic E-state index is 12.6. The van der Waals surface area contributed by atoms with Gasteiger partial charge in [0.15, 0.2) is 5.82 Å². The second-order valence-corrected chi connectivity index (χ2v) is 15.6. The molecule has 3 aliphatic heterocycles. The number of nitrogens with zero attached hydrogens (tertiary/aromatic N) is 9. The monoisotopic (exact) mass is 751 g/mol. The maximum Gasteiger partial charge on any atom is 0.252 e. The number of nitrogens with one attached hydrogen (secondary N) is 2. The van der Waals surface area contributed by atoms with Gasteiger partial charge in [0.25, 0.3) is 5.56 Å². The number of aryl methyl sites for hydroxylation is 1. The number of carbonyl (C=O) groups is 2. The molecule has 54 heavy (non-hydrogen) atoms. The van der Waals surface area contributed by atoms with E-state index in [9.17, 15) is 14.4 Å². The molecule has 5 aromatic rings. The molecule has 8 rings (SSSR count). The summed E-state index contributed by atoms with van der Waals surface area (Å²) in [5, 5.41) is 12.7. The van der Waals surface area contributed by atoms with Crippen molar-refractivity contribution < 1.29 is 9.59 Å². The highest BCUT2D eigenvalue weighted by Gasteiger charge is 2.33. The molecule has 0 radical (unpaired) electrons. The number of piperazine rings is 1. The maximum absolute atomic E-state index is 12.6. The number of piperidine rings is 2. The summed E-state index contributed by atoms with van der Waals surface area (Å²) in [6.45, 7) is 11.9. The molecule has 0 bridgehead atoms. The lowest BCUT2D eigenvalue weighted by molar-refractivity contribution is -0.134. The van der Waals surface area contributed by atoms with Gasteiger partial charge in [0.05, 0.1) is 35.2 Å². The normalized spacial score (nSPS) is 20.3. The first-order valence-corrected chi connectivity index (χ1v) is 19.3. The van der Waals surface area contributed by atoms with E-state index >= 15 is 0 Å². The number of halogens is 1. The lowest BCUT2D eigenvalue weighted by atomic mass is 9.92. The summed E-state index contributed by atoms with van der Waals surface area (Å²) < 4.78 is 3.54. The molecule has 1 aromatic carbocycles. The number of hydrogen-bond donors (Lipinski definition) is 2. The van der Waals surface area contributed by atoms with Crippen molar-refractivity contribution in [3.8, 4) is 0 Å². The summed E-state index contributed by atoms with van der Waals surface area (Å²) in [5.74, 6) is 0.874. The van der Waals surface area contributed by atoms with Gasteiger partial charge < -0.3 is 15.1 Å². The number of anilines is 4. The van der Waals surface area contributed by atoms with Gasteiger partial charge in [-0.2, -0.15) is 10.1 Å². The van der Waals surface area contributed by atoms with Crippen LogP contribution < -0.4 is 26.0 Å². The summed E-state index contributed by atoms with van der Waals surface area (Å²) >= 11 is 6.55. The number of fused-ring (bicyclic) bond motifs is 2. The summed E-state index contributed by atoms with van der Waals surface area (Å²) in [6, 6.07) is 12.1. The smallest absolute Gasteiger partial charge is 0.252 e. The Kier molecular flexibility index (Phi) is 9.73. The number of rotatable bonds is 8. The SMILES string of the molecule is CC(C)n1c(=O)ccc2cc(Nc3nc(N4CCC(CN5CCN(c6ccc7c(C8CCC(=O)NC8=O)nn(C)c7c6)C[C@H]5C)CC4)ncc3Cl)cnc21. The highest BCUT2D eigenvalue weighted by Crippen LogP contribution is 2.34. The highest BCUT2D eigenvalue weighted by molar-refractivity contribution is 6.32. The molecule has 0 saturated carbocycles. The van der Waals surface area contributed by atoms with Crippen molar-refractivity contribution in [2.75, 3.05) is 54.4 Å². The van der Waals surface area contributed by atoms with Gasteiger partial charge in [0.1, 0.15) is 10.7 Å². The molecule has 2 atom stereocenters. The molecule has 2 N–H and O–H groups in total. The van der Waals surface area contributed by atoms with E-state index in [2.05, 4.69) is 60.4 Å². The number of carbonyl (C=O) groups excluding carboxylic acids is 2. The molecule has 1 unspecified atom stereocenters. The van der Waals surface area contributed by atoms with Crippen molar-refractivity contribution in [3.05, 3.63) is 69.9 Å². The summed E-state index contributed by atoms with van der Waals surface area (Å²) in [6.07, 6.45) is 6.28. The van der Waals surface area contributed by atoms with Crippen LogP contribution in [0.3, 0.4) is 0 Å². The average molecular weight is 752 g/mol. The van der Waals surface area contributed by atoms with Crippen LogP contribution in [0.1, 0.15) is 64.1 Å². The fraction of sp³-hybridized carbons (Fsp3) is 0.462. The molecule has 4 aromatic heterocycles. The van der Waals surface area contributed by atoms with Crippen LogP contribution in [-0.4, -0.2) is 91.3 Å². The Bertz CT molecular complexity index is 2300. The second kappa shape index (κ2) is 14.6. The molecule has 0 spiro atoms. The molecular weight excluding hydrogens is 706 g/mol. The standard InChI is InChI=1S/C39H46ClN11O3/c1-23(2)51-34(53)10-5-26-17-27(19-41-37(26)51)43-36-31(40)20-42-39(45-36)48-13-11-25(12-14-48)22-49-15-16-50(21-24(49)3)28-6-7-29-32(18-28)47(4)46-35(29)30-8-9-33(52)44-38(30)54/h5-7,10,17-20,23-25,30H,8-9,11-16,21-22H2,1-4H3,(H,42,43,45)(H,44,52,54)/t24-,30?/m1/s1. The Labute approximate surface area is 318 Å². The van der Waals surface area contributed by atoms with Crippen molar-refractivity contribution in [1.82, 2.24) is 39.5 Å². The average Bonchev–Trinajstić information content (AvgIpc) is 3.48. The van der Waals surface area contributed by atoms with E-state index in [1.54, 1.807) is 29.1 Å². The Morgan fingerprint density at radius 2 is 1.78 bits per heavy atom. The van der Waals surface area contributed by atoms with E-state index in [-0.39, 0.29) is 23.4 Å². The van der Waals surface area contributed by atoms with Crippen LogP contribution in [0.15, 0.2) is 53.6 Å². The van der Waals surface area contributed by atoms with Crippen LogP contribution in [0, 0.1) is 5.92 Å². The zero-order valence-electron chi connectivity index (χ0n) is 31.1. The van der Waals surface area contributed by atoms with Crippen molar-refractivity contribution in [3.63, 3.8) is 0 Å². The first-order valence-electron chi connectivity index (χ1n) is 18.9. The van der Waals surface area contributed by atoms with Crippen LogP contribution in [0.5, 0.6) is 0 Å². The molecule has 3 saturated heterocycles. The number of amides is 2. The van der Waals surface area contributed by atoms with Crippen LogP contribution in [-0.2, 0) is 16.6 Å². The number of aromatic nitrogens is 6. The molecule has 14 nitrogen and oxygen atoms in total. The minimum Gasteiger partial charge on any atom is -0.369 e. The minimum atomic E-state index is -0.408. The minimum absolute atomic E-state index is 0.00469. The topological polar surface area (TPSA) is 146 Å². The van der Waals surface area contributed by atoms with Gasteiger partial charge in [-0.15, -0.1) is 0 Å². The summed E-state index contributed by atoms with van der Waals surface area (Å²) in [4.78, 5) is 58.0. The van der Waals surface area contributed by atoms with Gasteiger partial charge in [-0.1, -0.05) is 11.6 Å². The molecule has 7 heterocycles. The van der Waals surface area contributed by atoms with Gasteiger partial charge in [-0.05, 0) is 76.3 Å². The molecule has 3 aliphatic rings. The van der Waals surface area contributed by atoms with Crippen LogP contribution >= 0.6 is 11.6 Å². The molecule has 2 amide bonds. The van der Waals surface area contributed by atoms with E-state index in [0.29, 0.717) is 47.2 Å². The fourth-order valence-electron chi connectivity index (χ4n) is 8.28. The molecule has 0 aliphatic carbocycles. The lowest BCUT2D eigenvalue weighted by Crippen LogP contribution is -2.53. The molecule has 15 heteroatoms. The van der Waals surface area contributed by atoms with Gasteiger partial charge >= 0.3 is 0 Å². The third kappa shape index (κ3) is 7.00. The van der Waals surface area contributed by atoms with Crippen molar-refractivity contribution in [2.24, 2.45) is 13.0 Å². The van der Waals surface area contributed by atoms with E-state index in [1.807, 2.05) is 31.6 Å².